The molecule has 7 nitrogen and oxygen atoms in total. The molecule has 9 heteroatoms. The van der Waals surface area contributed by atoms with Crippen molar-refractivity contribution in [3.05, 3.63) is 34.1 Å². The minimum Gasteiger partial charge on any atom is -0.468 e. The molecule has 2 fully saturated rings. The highest BCUT2D eigenvalue weighted by Crippen LogP contribution is 2.50. The molecular formula is C17H18ClFN2O5. The zero-order valence-corrected chi connectivity index (χ0v) is 15.1. The van der Waals surface area contributed by atoms with Crippen LogP contribution in [0.2, 0.25) is 5.02 Å². The Morgan fingerprint density at radius 3 is 2.65 bits per heavy atom. The third kappa shape index (κ3) is 2.29. The minimum atomic E-state index is -1.86. The molecule has 0 saturated carbocycles. The highest BCUT2D eigenvalue weighted by atomic mass is 35.5. The third-order valence-corrected chi connectivity index (χ3v) is 5.81. The van der Waals surface area contributed by atoms with Crippen LogP contribution in [-0.2, 0) is 19.1 Å². The number of methoxy groups -OCH3 is 1. The number of nitrogens with one attached hydrogen (secondary N) is 1. The van der Waals surface area contributed by atoms with Crippen molar-refractivity contribution in [2.75, 3.05) is 20.8 Å². The second-order valence-corrected chi connectivity index (χ2v) is 6.95. The number of aryl methyl sites for hydroxylation is 1. The van der Waals surface area contributed by atoms with Crippen molar-refractivity contribution in [2.45, 2.75) is 18.5 Å². The van der Waals surface area contributed by atoms with Crippen LogP contribution < -0.4 is 5.32 Å². The predicted molar refractivity (Wildman–Crippen MR) is 88.6 cm³/mol. The van der Waals surface area contributed by atoms with E-state index in [4.69, 9.17) is 16.3 Å². The fourth-order valence-electron chi connectivity index (χ4n) is 3.94. The van der Waals surface area contributed by atoms with E-state index in [0.29, 0.717) is 5.56 Å². The van der Waals surface area contributed by atoms with E-state index in [-0.39, 0.29) is 10.6 Å². The van der Waals surface area contributed by atoms with Crippen LogP contribution in [0.15, 0.2) is 12.1 Å². The van der Waals surface area contributed by atoms with Crippen LogP contribution in [0.25, 0.3) is 0 Å². The SMILES string of the molecule is COC(=O)[C@@]1(CO)N[C@@H](c2c(F)ccc(C)c2Cl)[C@H]2C(=O)N(C)C(=O)[C@H]21. The van der Waals surface area contributed by atoms with Gasteiger partial charge in [0.15, 0.2) is 5.54 Å². The standard InChI is InChI=1S/C17H18ClFN2O5/c1-7-4-5-8(19)9(12(7)18)13-10-11(15(24)21(2)14(10)23)17(6-22,20-13)16(25)26-3/h4-5,10-11,13,20,22H,6H2,1-3H3/t10-,11-,13-,17-/m0/s1. The number of amides is 2. The molecule has 0 spiro atoms. The maximum atomic E-state index is 14.6. The summed E-state index contributed by atoms with van der Waals surface area (Å²) in [6.45, 7) is 0.875. The quantitative estimate of drug-likeness (QED) is 0.584. The van der Waals surface area contributed by atoms with E-state index < -0.39 is 53.6 Å². The van der Waals surface area contributed by atoms with Gasteiger partial charge < -0.3 is 9.84 Å². The van der Waals surface area contributed by atoms with Crippen molar-refractivity contribution in [3.8, 4) is 0 Å². The van der Waals surface area contributed by atoms with E-state index in [1.54, 1.807) is 6.92 Å². The number of aliphatic hydroxyl groups is 1. The first-order valence-corrected chi connectivity index (χ1v) is 8.32. The van der Waals surface area contributed by atoms with Gasteiger partial charge in [-0.05, 0) is 18.6 Å². The number of hydrogen-bond acceptors (Lipinski definition) is 6. The number of carbonyl (C=O) groups is 3. The van der Waals surface area contributed by atoms with Gasteiger partial charge in [-0.3, -0.25) is 19.8 Å². The van der Waals surface area contributed by atoms with Crippen molar-refractivity contribution in [1.82, 2.24) is 10.2 Å². The molecule has 2 N–H and O–H groups in total. The van der Waals surface area contributed by atoms with Gasteiger partial charge >= 0.3 is 5.97 Å². The second kappa shape index (κ2) is 6.29. The van der Waals surface area contributed by atoms with Gasteiger partial charge in [0.05, 0.1) is 36.6 Å². The Morgan fingerprint density at radius 1 is 1.42 bits per heavy atom. The van der Waals surface area contributed by atoms with E-state index in [1.165, 1.54) is 19.2 Å². The van der Waals surface area contributed by atoms with Gasteiger partial charge in [0.2, 0.25) is 11.8 Å². The fraction of sp³-hybridized carbons (Fsp3) is 0.471. The Bertz CT molecular complexity index is 817. The number of rotatable bonds is 3. The summed E-state index contributed by atoms with van der Waals surface area (Å²) in [5.74, 6) is -5.11. The number of imide groups is 1. The van der Waals surface area contributed by atoms with Gasteiger partial charge in [0.25, 0.3) is 0 Å². The lowest BCUT2D eigenvalue weighted by Crippen LogP contribution is -2.58. The maximum absolute atomic E-state index is 14.6. The van der Waals surface area contributed by atoms with Gasteiger partial charge in [-0.15, -0.1) is 0 Å². The molecule has 3 rings (SSSR count). The van der Waals surface area contributed by atoms with E-state index in [2.05, 4.69) is 5.32 Å². The van der Waals surface area contributed by atoms with Crippen molar-refractivity contribution in [2.24, 2.45) is 11.8 Å². The third-order valence-electron chi connectivity index (χ3n) is 5.30. The number of hydrogen-bond donors (Lipinski definition) is 2. The molecule has 2 aliphatic heterocycles. The molecule has 0 bridgehead atoms. The molecule has 4 atom stereocenters. The highest BCUT2D eigenvalue weighted by molar-refractivity contribution is 6.32. The van der Waals surface area contributed by atoms with Gasteiger partial charge in [-0.25, -0.2) is 9.18 Å². The average molecular weight is 385 g/mol. The van der Waals surface area contributed by atoms with Crippen molar-refractivity contribution in [1.29, 1.82) is 0 Å². The van der Waals surface area contributed by atoms with Crippen LogP contribution in [0.3, 0.4) is 0 Å². The summed E-state index contributed by atoms with van der Waals surface area (Å²) in [7, 11) is 2.39. The monoisotopic (exact) mass is 384 g/mol. The Hall–Kier alpha value is -2.03. The average Bonchev–Trinajstić information content (AvgIpc) is 3.08. The first kappa shape index (κ1) is 18.8. The summed E-state index contributed by atoms with van der Waals surface area (Å²) in [6, 6.07) is 1.62. The second-order valence-electron chi connectivity index (χ2n) is 6.57. The van der Waals surface area contributed by atoms with Gasteiger partial charge in [0, 0.05) is 12.6 Å². The Morgan fingerprint density at radius 2 is 2.08 bits per heavy atom. The number of halogens is 2. The van der Waals surface area contributed by atoms with Crippen LogP contribution in [0.4, 0.5) is 4.39 Å². The largest absolute Gasteiger partial charge is 0.468 e. The van der Waals surface area contributed by atoms with Crippen molar-refractivity contribution < 1.29 is 28.6 Å². The lowest BCUT2D eigenvalue weighted by atomic mass is 9.79. The first-order valence-electron chi connectivity index (χ1n) is 7.94. The van der Waals surface area contributed by atoms with Crippen molar-refractivity contribution in [3.63, 3.8) is 0 Å². The van der Waals surface area contributed by atoms with Crippen LogP contribution in [0, 0.1) is 24.6 Å². The smallest absolute Gasteiger partial charge is 0.329 e. The number of nitrogens with zero attached hydrogens (tertiary/aromatic N) is 1. The highest BCUT2D eigenvalue weighted by Gasteiger charge is 2.68. The molecule has 0 aromatic heterocycles. The Labute approximate surface area is 154 Å². The zero-order chi connectivity index (χ0) is 19.4. The fourth-order valence-corrected chi connectivity index (χ4v) is 4.21. The molecule has 0 aliphatic carbocycles. The van der Waals surface area contributed by atoms with Crippen LogP contribution in [0.5, 0.6) is 0 Å². The summed E-state index contributed by atoms with van der Waals surface area (Å²) >= 11 is 6.27. The molecule has 140 valence electrons. The van der Waals surface area contributed by atoms with E-state index in [9.17, 15) is 23.9 Å². The van der Waals surface area contributed by atoms with E-state index in [0.717, 1.165) is 12.0 Å². The molecule has 0 radical (unpaired) electrons. The van der Waals surface area contributed by atoms with Crippen LogP contribution >= 0.6 is 11.6 Å². The number of esters is 1. The molecule has 26 heavy (non-hydrogen) atoms. The van der Waals surface area contributed by atoms with Gasteiger partial charge in [-0.1, -0.05) is 17.7 Å². The van der Waals surface area contributed by atoms with Gasteiger partial charge in [-0.2, -0.15) is 0 Å². The maximum Gasteiger partial charge on any atom is 0.329 e. The van der Waals surface area contributed by atoms with Crippen molar-refractivity contribution >= 4 is 29.4 Å². The molecule has 2 saturated heterocycles. The Balaban J connectivity index is 2.23. The number of benzene rings is 1. The van der Waals surface area contributed by atoms with Crippen LogP contribution in [-0.4, -0.2) is 54.1 Å². The zero-order valence-electron chi connectivity index (χ0n) is 14.4. The number of likely N-dealkylation sites (tertiary alicyclic amines) is 1. The lowest BCUT2D eigenvalue weighted by Gasteiger charge is -2.30. The molecule has 1 aromatic carbocycles. The van der Waals surface area contributed by atoms with E-state index in [1.807, 2.05) is 0 Å². The molecule has 1 aromatic rings. The summed E-state index contributed by atoms with van der Waals surface area (Å²) in [4.78, 5) is 38.6. The topological polar surface area (TPSA) is 95.9 Å². The van der Waals surface area contributed by atoms with Gasteiger partial charge in [0.1, 0.15) is 5.82 Å². The molecule has 2 amide bonds. The summed E-state index contributed by atoms with van der Waals surface area (Å²) in [5, 5.41) is 12.8. The molecule has 2 heterocycles. The number of carbonyl (C=O) groups excluding carboxylic acids is 3. The Kier molecular flexibility index (Phi) is 4.54. The number of aliphatic hydroxyl groups excluding tert-OH is 1. The summed E-state index contributed by atoms with van der Waals surface area (Å²) in [6.07, 6.45) is 0. The number of ether oxygens (including phenoxy) is 1. The number of fused-ring (bicyclic) bond motifs is 1. The predicted octanol–water partition coefficient (Wildman–Crippen LogP) is 0.567. The minimum absolute atomic E-state index is 0.0163. The molecule has 0 unspecified atom stereocenters. The lowest BCUT2D eigenvalue weighted by molar-refractivity contribution is -0.156. The summed E-state index contributed by atoms with van der Waals surface area (Å²) in [5.41, 5.74) is -1.30. The van der Waals surface area contributed by atoms with E-state index >= 15 is 0 Å². The molecular weight excluding hydrogens is 367 g/mol. The molecule has 2 aliphatic rings. The first-order chi connectivity index (χ1) is 12.2. The normalized spacial score (nSPS) is 30.7. The summed E-state index contributed by atoms with van der Waals surface area (Å²) < 4.78 is 19.3. The van der Waals surface area contributed by atoms with Crippen LogP contribution in [0.1, 0.15) is 17.2 Å².